The Balaban J connectivity index is 1.51. The average Bonchev–Trinajstić information content (AvgIpc) is 2.81. The second-order valence-electron chi connectivity index (χ2n) is 7.29. The molecule has 0 bridgehead atoms. The van der Waals surface area contributed by atoms with Crippen LogP contribution in [0.2, 0.25) is 0 Å². The van der Waals surface area contributed by atoms with Gasteiger partial charge in [-0.05, 0) is 98.4 Å². The van der Waals surface area contributed by atoms with Crippen molar-refractivity contribution in [2.75, 3.05) is 23.3 Å². The van der Waals surface area contributed by atoms with E-state index in [0.29, 0.717) is 29.5 Å². The lowest BCUT2D eigenvalue weighted by molar-refractivity contribution is -0.121. The Morgan fingerprint density at radius 1 is 0.943 bits per heavy atom. The van der Waals surface area contributed by atoms with Crippen LogP contribution in [-0.4, -0.2) is 32.7 Å². The Kier molecular flexibility index (Phi) is 9.07. The number of hydrogen-bond donors (Lipinski definition) is 3. The van der Waals surface area contributed by atoms with E-state index in [9.17, 15) is 13.2 Å². The average molecular weight is 579 g/mol. The highest BCUT2D eigenvalue weighted by Gasteiger charge is 2.14. The molecule has 0 aliphatic rings. The number of carbonyl (C=O) groups is 1. The summed E-state index contributed by atoms with van der Waals surface area (Å²) in [7, 11) is -3.78. The third kappa shape index (κ3) is 7.94. The number of halogens is 1. The summed E-state index contributed by atoms with van der Waals surface area (Å²) in [4.78, 5) is 12.2. The fourth-order valence-corrected chi connectivity index (χ4v) is 4.44. The van der Waals surface area contributed by atoms with E-state index in [1.165, 1.54) is 12.1 Å². The monoisotopic (exact) mass is 577 g/mol. The molecule has 1 amide bonds. The van der Waals surface area contributed by atoms with Gasteiger partial charge in [0.15, 0.2) is 11.7 Å². The normalized spacial score (nSPS) is 10.8. The molecule has 0 aromatic heterocycles. The van der Waals surface area contributed by atoms with Crippen LogP contribution in [-0.2, 0) is 14.8 Å². The van der Waals surface area contributed by atoms with Gasteiger partial charge in [0.2, 0.25) is 0 Å². The fourth-order valence-electron chi connectivity index (χ4n) is 2.90. The fraction of sp³-hybridized carbons (Fsp3) is 0.167. The Bertz CT molecular complexity index is 1300. The first-order chi connectivity index (χ1) is 16.7. The molecule has 8 nitrogen and oxygen atoms in total. The van der Waals surface area contributed by atoms with E-state index in [1.807, 2.05) is 26.0 Å². The molecule has 0 unspecified atom stereocenters. The van der Waals surface area contributed by atoms with E-state index in [4.69, 9.17) is 21.7 Å². The molecule has 11 heteroatoms. The van der Waals surface area contributed by atoms with E-state index < -0.39 is 15.9 Å². The third-order valence-electron chi connectivity index (χ3n) is 4.59. The first kappa shape index (κ1) is 26.5. The van der Waals surface area contributed by atoms with Crippen LogP contribution in [0.3, 0.4) is 0 Å². The summed E-state index contributed by atoms with van der Waals surface area (Å²) in [6.07, 6.45) is 0. The van der Waals surface area contributed by atoms with Crippen molar-refractivity contribution in [1.82, 2.24) is 5.32 Å². The van der Waals surface area contributed by atoms with E-state index in [2.05, 4.69) is 31.3 Å². The lowest BCUT2D eigenvalue weighted by Crippen LogP contribution is -2.37. The lowest BCUT2D eigenvalue weighted by atomic mass is 10.2. The van der Waals surface area contributed by atoms with Crippen LogP contribution in [0.1, 0.15) is 12.5 Å². The number of ether oxygens (including phenoxy) is 2. The number of hydrogen-bond acceptors (Lipinski definition) is 6. The molecule has 35 heavy (non-hydrogen) atoms. The van der Waals surface area contributed by atoms with Gasteiger partial charge < -0.3 is 14.8 Å². The zero-order valence-corrected chi connectivity index (χ0v) is 22.2. The minimum absolute atomic E-state index is 0.0636. The summed E-state index contributed by atoms with van der Waals surface area (Å²) in [6.45, 7) is 4.11. The minimum Gasteiger partial charge on any atom is -0.494 e. The van der Waals surface area contributed by atoms with Crippen molar-refractivity contribution in [1.29, 1.82) is 0 Å². The zero-order valence-electron chi connectivity index (χ0n) is 19.0. The van der Waals surface area contributed by atoms with Gasteiger partial charge >= 0.3 is 0 Å². The van der Waals surface area contributed by atoms with Crippen LogP contribution >= 0.6 is 28.1 Å². The van der Waals surface area contributed by atoms with Gasteiger partial charge in [-0.3, -0.25) is 14.8 Å². The van der Waals surface area contributed by atoms with E-state index >= 15 is 0 Å². The van der Waals surface area contributed by atoms with Gasteiger partial charge in [-0.2, -0.15) is 0 Å². The number of aryl methyl sites for hydroxylation is 1. The molecule has 3 N–H and O–H groups in total. The summed E-state index contributed by atoms with van der Waals surface area (Å²) in [6, 6.07) is 18.0. The molecule has 0 saturated carbocycles. The van der Waals surface area contributed by atoms with Crippen LogP contribution in [0.4, 0.5) is 11.4 Å². The smallest absolute Gasteiger partial charge is 0.264 e. The van der Waals surface area contributed by atoms with Crippen molar-refractivity contribution in [2.45, 2.75) is 18.7 Å². The number of anilines is 2. The van der Waals surface area contributed by atoms with E-state index in [0.717, 1.165) is 10.0 Å². The summed E-state index contributed by atoms with van der Waals surface area (Å²) in [5.74, 6) is 0.793. The zero-order chi connectivity index (χ0) is 25.4. The maximum atomic E-state index is 12.7. The maximum Gasteiger partial charge on any atom is 0.264 e. The summed E-state index contributed by atoms with van der Waals surface area (Å²) in [5, 5.41) is 5.43. The van der Waals surface area contributed by atoms with Crippen molar-refractivity contribution in [2.24, 2.45) is 0 Å². The first-order valence-electron chi connectivity index (χ1n) is 10.5. The molecule has 0 saturated heterocycles. The Morgan fingerprint density at radius 2 is 1.57 bits per heavy atom. The van der Waals surface area contributed by atoms with Crippen LogP contribution in [0.25, 0.3) is 0 Å². The number of sulfonamides is 1. The predicted molar refractivity (Wildman–Crippen MR) is 144 cm³/mol. The van der Waals surface area contributed by atoms with Gasteiger partial charge in [0.05, 0.1) is 11.5 Å². The molecule has 0 atom stereocenters. The molecule has 0 aliphatic heterocycles. The van der Waals surface area contributed by atoms with Gasteiger partial charge in [-0.1, -0.05) is 15.9 Å². The van der Waals surface area contributed by atoms with Crippen LogP contribution < -0.4 is 24.8 Å². The summed E-state index contributed by atoms with van der Waals surface area (Å²) >= 11 is 8.57. The van der Waals surface area contributed by atoms with Gasteiger partial charge in [-0.15, -0.1) is 0 Å². The quantitative estimate of drug-likeness (QED) is 0.312. The van der Waals surface area contributed by atoms with Crippen molar-refractivity contribution >= 4 is 60.6 Å². The second-order valence-corrected chi connectivity index (χ2v) is 10.2. The lowest BCUT2D eigenvalue weighted by Gasteiger charge is -2.12. The topological polar surface area (TPSA) is 106 Å². The largest absolute Gasteiger partial charge is 0.494 e. The number of carbonyl (C=O) groups excluding carboxylic acids is 1. The Morgan fingerprint density at radius 3 is 2.20 bits per heavy atom. The molecule has 0 fully saturated rings. The van der Waals surface area contributed by atoms with Crippen molar-refractivity contribution in [3.8, 4) is 11.5 Å². The Hall–Kier alpha value is -3.15. The molecule has 0 spiro atoms. The number of rotatable bonds is 9. The molecule has 3 aromatic carbocycles. The third-order valence-corrected chi connectivity index (χ3v) is 7.08. The summed E-state index contributed by atoms with van der Waals surface area (Å²) < 4.78 is 39.6. The van der Waals surface area contributed by atoms with E-state index in [-0.39, 0.29) is 16.6 Å². The van der Waals surface area contributed by atoms with Gasteiger partial charge in [0.1, 0.15) is 11.5 Å². The predicted octanol–water partition coefficient (Wildman–Crippen LogP) is 4.85. The molecule has 0 radical (unpaired) electrons. The number of amides is 1. The second kappa shape index (κ2) is 12.0. The number of nitrogens with one attached hydrogen (secondary N) is 3. The van der Waals surface area contributed by atoms with Crippen LogP contribution in [0.15, 0.2) is 76.1 Å². The minimum atomic E-state index is -3.78. The molecule has 3 rings (SSSR count). The Labute approximate surface area is 218 Å². The van der Waals surface area contributed by atoms with Gasteiger partial charge in [0.25, 0.3) is 15.9 Å². The molecule has 0 heterocycles. The SMILES string of the molecule is CCOc1ccc(NS(=O)(=O)c2ccc(NC(=S)NC(=O)COc3ccc(Br)c(C)c3)cc2)cc1. The standard InChI is InChI=1S/C24H24BrN3O5S2/c1-3-32-19-8-4-18(5-9-19)28-35(30,31)21-11-6-17(7-12-21)26-24(34)27-23(29)15-33-20-10-13-22(25)16(2)14-20/h4-14,28H,3,15H2,1-2H3,(H2,26,27,29,34). The van der Waals surface area contributed by atoms with Crippen molar-refractivity contribution in [3.63, 3.8) is 0 Å². The first-order valence-corrected chi connectivity index (χ1v) is 13.2. The van der Waals surface area contributed by atoms with Crippen LogP contribution in [0.5, 0.6) is 11.5 Å². The number of thiocarbonyl (C=S) groups is 1. The highest BCUT2D eigenvalue weighted by molar-refractivity contribution is 9.10. The molecular formula is C24H24BrN3O5S2. The summed E-state index contributed by atoms with van der Waals surface area (Å²) in [5.41, 5.74) is 1.92. The molecule has 3 aromatic rings. The van der Waals surface area contributed by atoms with Gasteiger partial charge in [-0.25, -0.2) is 8.42 Å². The molecular weight excluding hydrogens is 554 g/mol. The highest BCUT2D eigenvalue weighted by Crippen LogP contribution is 2.22. The van der Waals surface area contributed by atoms with Crippen molar-refractivity contribution < 1.29 is 22.7 Å². The number of benzene rings is 3. The van der Waals surface area contributed by atoms with Crippen molar-refractivity contribution in [3.05, 3.63) is 76.8 Å². The van der Waals surface area contributed by atoms with Crippen LogP contribution in [0, 0.1) is 6.92 Å². The molecule has 0 aliphatic carbocycles. The van der Waals surface area contributed by atoms with E-state index in [1.54, 1.807) is 42.5 Å². The maximum absolute atomic E-state index is 12.7. The highest BCUT2D eigenvalue weighted by atomic mass is 79.9. The van der Waals surface area contributed by atoms with Gasteiger partial charge in [0, 0.05) is 15.8 Å². The molecule has 184 valence electrons.